The fourth-order valence-corrected chi connectivity index (χ4v) is 5.48. The Balaban J connectivity index is 1.22. The second-order valence-electron chi connectivity index (χ2n) is 7.96. The maximum atomic E-state index is 12.6. The molecular formula is C21H29N3OS. The van der Waals surface area contributed by atoms with Gasteiger partial charge in [0.2, 0.25) is 5.91 Å². The van der Waals surface area contributed by atoms with Gasteiger partial charge in [-0.15, -0.1) is 11.3 Å². The van der Waals surface area contributed by atoms with Crippen molar-refractivity contribution < 1.29 is 4.79 Å². The Hall–Kier alpha value is -1.46. The number of hydrogen-bond donors (Lipinski definition) is 0. The maximum Gasteiger partial charge on any atom is 0.222 e. The SMILES string of the molecule is CN1CCC(C2CCN(C(=O)CCCc3nc4ccccc4s3)C2)CC1. The molecule has 140 valence electrons. The number of carbonyl (C=O) groups is 1. The Labute approximate surface area is 160 Å². The van der Waals surface area contributed by atoms with Crippen molar-refractivity contribution in [3.05, 3.63) is 29.3 Å². The van der Waals surface area contributed by atoms with E-state index in [1.54, 1.807) is 11.3 Å². The number of para-hydroxylation sites is 1. The summed E-state index contributed by atoms with van der Waals surface area (Å²) in [6.45, 7) is 4.40. The molecule has 2 aliphatic heterocycles. The van der Waals surface area contributed by atoms with Crippen LogP contribution in [0.15, 0.2) is 24.3 Å². The van der Waals surface area contributed by atoms with E-state index >= 15 is 0 Å². The van der Waals surface area contributed by atoms with E-state index in [4.69, 9.17) is 0 Å². The van der Waals surface area contributed by atoms with Crippen molar-refractivity contribution in [2.24, 2.45) is 11.8 Å². The molecule has 2 aliphatic rings. The molecule has 2 saturated heterocycles. The molecule has 0 saturated carbocycles. The number of aryl methyl sites for hydroxylation is 1. The van der Waals surface area contributed by atoms with Crippen molar-refractivity contribution in [1.29, 1.82) is 0 Å². The zero-order valence-corrected chi connectivity index (χ0v) is 16.5. The van der Waals surface area contributed by atoms with Gasteiger partial charge >= 0.3 is 0 Å². The number of benzene rings is 1. The lowest BCUT2D eigenvalue weighted by Gasteiger charge is -2.32. The van der Waals surface area contributed by atoms with Gasteiger partial charge in [0.15, 0.2) is 0 Å². The first-order valence-electron chi connectivity index (χ1n) is 10.00. The van der Waals surface area contributed by atoms with Crippen molar-refractivity contribution in [2.75, 3.05) is 33.2 Å². The molecule has 2 aromatic rings. The maximum absolute atomic E-state index is 12.6. The number of fused-ring (bicyclic) bond motifs is 1. The quantitative estimate of drug-likeness (QED) is 0.802. The summed E-state index contributed by atoms with van der Waals surface area (Å²) in [6.07, 6.45) is 6.31. The molecule has 0 radical (unpaired) electrons. The fourth-order valence-electron chi connectivity index (χ4n) is 4.47. The van der Waals surface area contributed by atoms with Crippen LogP contribution in [0.2, 0.25) is 0 Å². The zero-order valence-electron chi connectivity index (χ0n) is 15.7. The molecule has 0 bridgehead atoms. The van der Waals surface area contributed by atoms with Gasteiger partial charge in [-0.2, -0.15) is 0 Å². The normalized spacial score (nSPS) is 22.3. The number of rotatable bonds is 5. The topological polar surface area (TPSA) is 36.4 Å². The molecular weight excluding hydrogens is 342 g/mol. The Bertz CT molecular complexity index is 718. The fraction of sp³-hybridized carbons (Fsp3) is 0.619. The van der Waals surface area contributed by atoms with Crippen molar-refractivity contribution in [1.82, 2.24) is 14.8 Å². The molecule has 1 atom stereocenters. The second-order valence-corrected chi connectivity index (χ2v) is 9.07. The molecule has 1 amide bonds. The number of thiazole rings is 1. The van der Waals surface area contributed by atoms with Crippen molar-refractivity contribution in [2.45, 2.75) is 38.5 Å². The van der Waals surface area contributed by atoms with Crippen molar-refractivity contribution in [3.63, 3.8) is 0 Å². The zero-order chi connectivity index (χ0) is 17.9. The lowest BCUT2D eigenvalue weighted by atomic mass is 9.84. The predicted molar refractivity (Wildman–Crippen MR) is 107 cm³/mol. The third-order valence-corrected chi connectivity index (χ3v) is 7.22. The Morgan fingerprint density at radius 3 is 2.73 bits per heavy atom. The highest BCUT2D eigenvalue weighted by molar-refractivity contribution is 7.18. The third-order valence-electron chi connectivity index (χ3n) is 6.13. The Kier molecular flexibility index (Phi) is 5.55. The molecule has 1 aromatic carbocycles. The number of hydrogen-bond acceptors (Lipinski definition) is 4. The molecule has 26 heavy (non-hydrogen) atoms. The monoisotopic (exact) mass is 371 g/mol. The molecule has 0 N–H and O–H groups in total. The summed E-state index contributed by atoms with van der Waals surface area (Å²) < 4.78 is 1.24. The summed E-state index contributed by atoms with van der Waals surface area (Å²) >= 11 is 1.76. The Morgan fingerprint density at radius 1 is 1.15 bits per heavy atom. The third kappa shape index (κ3) is 4.09. The number of likely N-dealkylation sites (tertiary alicyclic amines) is 2. The average Bonchev–Trinajstić information content (AvgIpc) is 3.29. The lowest BCUT2D eigenvalue weighted by Crippen LogP contribution is -2.35. The van der Waals surface area contributed by atoms with Crippen LogP contribution in [0.25, 0.3) is 10.2 Å². The number of nitrogens with zero attached hydrogens (tertiary/aromatic N) is 3. The highest BCUT2D eigenvalue weighted by Gasteiger charge is 2.32. The van der Waals surface area contributed by atoms with Crippen LogP contribution in [-0.4, -0.2) is 53.9 Å². The van der Waals surface area contributed by atoms with Crippen molar-refractivity contribution in [3.8, 4) is 0 Å². The number of carbonyl (C=O) groups excluding carboxylic acids is 1. The van der Waals surface area contributed by atoms with Crippen LogP contribution >= 0.6 is 11.3 Å². The molecule has 0 spiro atoms. The smallest absolute Gasteiger partial charge is 0.222 e. The van der Waals surface area contributed by atoms with Gasteiger partial charge in [-0.3, -0.25) is 4.79 Å². The molecule has 2 fully saturated rings. The van der Waals surface area contributed by atoms with Gasteiger partial charge in [0, 0.05) is 19.5 Å². The molecule has 3 heterocycles. The van der Waals surface area contributed by atoms with Crippen LogP contribution in [0.1, 0.15) is 37.1 Å². The molecule has 1 unspecified atom stereocenters. The van der Waals surface area contributed by atoms with Crippen LogP contribution in [0.5, 0.6) is 0 Å². The lowest BCUT2D eigenvalue weighted by molar-refractivity contribution is -0.130. The van der Waals surface area contributed by atoms with E-state index in [0.29, 0.717) is 12.3 Å². The van der Waals surface area contributed by atoms with Gasteiger partial charge < -0.3 is 9.80 Å². The molecule has 1 aromatic heterocycles. The summed E-state index contributed by atoms with van der Waals surface area (Å²) in [5, 5.41) is 1.16. The average molecular weight is 372 g/mol. The predicted octanol–water partition coefficient (Wildman–Crippen LogP) is 3.81. The summed E-state index contributed by atoms with van der Waals surface area (Å²) in [5.41, 5.74) is 1.08. The van der Waals surface area contributed by atoms with E-state index in [9.17, 15) is 4.79 Å². The second kappa shape index (κ2) is 8.05. The van der Waals surface area contributed by atoms with E-state index in [0.717, 1.165) is 48.3 Å². The van der Waals surface area contributed by atoms with Crippen LogP contribution in [0.4, 0.5) is 0 Å². The minimum atomic E-state index is 0.349. The van der Waals surface area contributed by atoms with Crippen LogP contribution in [0, 0.1) is 11.8 Å². The van der Waals surface area contributed by atoms with E-state index in [1.807, 2.05) is 6.07 Å². The van der Waals surface area contributed by atoms with Crippen LogP contribution in [-0.2, 0) is 11.2 Å². The largest absolute Gasteiger partial charge is 0.342 e. The Morgan fingerprint density at radius 2 is 1.92 bits per heavy atom. The summed E-state index contributed by atoms with van der Waals surface area (Å²) in [4.78, 5) is 21.8. The minimum absolute atomic E-state index is 0.349. The molecule has 4 nitrogen and oxygen atoms in total. The van der Waals surface area contributed by atoms with Crippen molar-refractivity contribution >= 4 is 27.5 Å². The first kappa shape index (κ1) is 17.9. The summed E-state index contributed by atoms with van der Waals surface area (Å²) in [6, 6.07) is 8.27. The highest BCUT2D eigenvalue weighted by atomic mass is 32.1. The molecule has 5 heteroatoms. The summed E-state index contributed by atoms with van der Waals surface area (Å²) in [5.74, 6) is 1.91. The number of aromatic nitrogens is 1. The highest BCUT2D eigenvalue weighted by Crippen LogP contribution is 2.32. The summed E-state index contributed by atoms with van der Waals surface area (Å²) in [7, 11) is 2.21. The van der Waals surface area contributed by atoms with E-state index < -0.39 is 0 Å². The van der Waals surface area contributed by atoms with Crippen LogP contribution in [0.3, 0.4) is 0 Å². The first-order chi connectivity index (χ1) is 12.7. The van der Waals surface area contributed by atoms with Crippen LogP contribution < -0.4 is 0 Å². The van der Waals surface area contributed by atoms with E-state index in [1.165, 1.54) is 37.1 Å². The minimum Gasteiger partial charge on any atom is -0.342 e. The molecule has 0 aliphatic carbocycles. The van der Waals surface area contributed by atoms with Gasteiger partial charge in [0.25, 0.3) is 0 Å². The number of piperidine rings is 1. The van der Waals surface area contributed by atoms with Gasteiger partial charge in [0.05, 0.1) is 15.2 Å². The van der Waals surface area contributed by atoms with Gasteiger partial charge in [-0.1, -0.05) is 12.1 Å². The van der Waals surface area contributed by atoms with Gasteiger partial charge in [-0.25, -0.2) is 4.98 Å². The van der Waals surface area contributed by atoms with E-state index in [-0.39, 0.29) is 0 Å². The standard InChI is InChI=1S/C21H29N3OS/c1-23-12-9-16(10-13-23)17-11-14-24(15-17)21(25)8-4-7-20-22-18-5-2-3-6-19(18)26-20/h2-3,5-6,16-17H,4,7-15H2,1H3. The number of amides is 1. The molecule has 4 rings (SSSR count). The van der Waals surface area contributed by atoms with Gasteiger partial charge in [0.1, 0.15) is 0 Å². The van der Waals surface area contributed by atoms with E-state index in [2.05, 4.69) is 40.0 Å². The van der Waals surface area contributed by atoms with Gasteiger partial charge in [-0.05, 0) is 76.2 Å². The first-order valence-corrected chi connectivity index (χ1v) is 10.8.